The van der Waals surface area contributed by atoms with Gasteiger partial charge in [0.05, 0.1) is 13.2 Å². The van der Waals surface area contributed by atoms with Crippen molar-refractivity contribution < 1.29 is 4.74 Å². The van der Waals surface area contributed by atoms with E-state index in [1.54, 1.807) is 0 Å². The number of hydrogen-bond donors (Lipinski definition) is 1. The van der Waals surface area contributed by atoms with Gasteiger partial charge in [-0.1, -0.05) is 29.8 Å². The molecule has 0 radical (unpaired) electrons. The quantitative estimate of drug-likeness (QED) is 0.591. The summed E-state index contributed by atoms with van der Waals surface area (Å²) in [5.41, 5.74) is 1.11. The Kier molecular flexibility index (Phi) is 6.77. The summed E-state index contributed by atoms with van der Waals surface area (Å²) in [5, 5.41) is 4.05. The Labute approximate surface area is 101 Å². The topological polar surface area (TPSA) is 21.3 Å². The van der Waals surface area contributed by atoms with Crippen molar-refractivity contribution in [2.75, 3.05) is 25.6 Å². The SMILES string of the molecule is ClCCOCCNCc1ccccc1Cl. The molecule has 0 atom stereocenters. The van der Waals surface area contributed by atoms with E-state index in [-0.39, 0.29) is 0 Å². The van der Waals surface area contributed by atoms with Crippen LogP contribution in [-0.2, 0) is 11.3 Å². The van der Waals surface area contributed by atoms with Crippen molar-refractivity contribution in [2.24, 2.45) is 0 Å². The highest BCUT2D eigenvalue weighted by Gasteiger charge is 1.97. The molecular formula is C11H15Cl2NO. The summed E-state index contributed by atoms with van der Waals surface area (Å²) in [6, 6.07) is 7.81. The van der Waals surface area contributed by atoms with Crippen molar-refractivity contribution in [1.29, 1.82) is 0 Å². The van der Waals surface area contributed by atoms with Crippen LogP contribution in [0.4, 0.5) is 0 Å². The second kappa shape index (κ2) is 7.94. The van der Waals surface area contributed by atoms with Crippen LogP contribution in [0, 0.1) is 0 Å². The molecule has 0 amide bonds. The number of ether oxygens (including phenoxy) is 1. The van der Waals surface area contributed by atoms with Crippen LogP contribution >= 0.6 is 23.2 Å². The molecular weight excluding hydrogens is 233 g/mol. The third-order valence-corrected chi connectivity index (χ3v) is 2.44. The summed E-state index contributed by atoms with van der Waals surface area (Å²) >= 11 is 11.5. The van der Waals surface area contributed by atoms with Crippen LogP contribution in [0.3, 0.4) is 0 Å². The minimum absolute atomic E-state index is 0.546. The van der Waals surface area contributed by atoms with E-state index in [0.717, 1.165) is 23.7 Å². The fourth-order valence-electron chi connectivity index (χ4n) is 1.17. The van der Waals surface area contributed by atoms with Gasteiger partial charge in [-0.25, -0.2) is 0 Å². The molecule has 0 bridgehead atoms. The van der Waals surface area contributed by atoms with Crippen molar-refractivity contribution in [2.45, 2.75) is 6.54 Å². The van der Waals surface area contributed by atoms with Crippen LogP contribution in [0.1, 0.15) is 5.56 Å². The second-order valence-corrected chi connectivity index (χ2v) is 3.85. The minimum Gasteiger partial charge on any atom is -0.379 e. The molecule has 1 rings (SSSR count). The second-order valence-electron chi connectivity index (χ2n) is 3.07. The van der Waals surface area contributed by atoms with Gasteiger partial charge in [0, 0.05) is 24.0 Å². The predicted octanol–water partition coefficient (Wildman–Crippen LogP) is 2.69. The summed E-state index contributed by atoms with van der Waals surface area (Å²) in [6.45, 7) is 2.86. The molecule has 0 aliphatic carbocycles. The number of halogens is 2. The summed E-state index contributed by atoms with van der Waals surface area (Å²) in [4.78, 5) is 0. The number of nitrogens with one attached hydrogen (secondary N) is 1. The van der Waals surface area contributed by atoms with Gasteiger partial charge in [0.25, 0.3) is 0 Å². The zero-order chi connectivity index (χ0) is 10.9. The first kappa shape index (κ1) is 12.8. The molecule has 15 heavy (non-hydrogen) atoms. The minimum atomic E-state index is 0.546. The van der Waals surface area contributed by atoms with Crippen LogP contribution in [0.25, 0.3) is 0 Å². The third-order valence-electron chi connectivity index (χ3n) is 1.92. The molecule has 1 aromatic carbocycles. The summed E-state index contributed by atoms with van der Waals surface area (Å²) in [6.07, 6.45) is 0. The molecule has 0 aliphatic heterocycles. The average Bonchev–Trinajstić information content (AvgIpc) is 2.25. The molecule has 0 aromatic heterocycles. The lowest BCUT2D eigenvalue weighted by Gasteiger charge is -2.06. The summed E-state index contributed by atoms with van der Waals surface area (Å²) in [5.74, 6) is 0.546. The van der Waals surface area contributed by atoms with Gasteiger partial charge >= 0.3 is 0 Å². The van der Waals surface area contributed by atoms with E-state index in [9.17, 15) is 0 Å². The van der Waals surface area contributed by atoms with E-state index in [0.29, 0.717) is 19.1 Å². The molecule has 84 valence electrons. The van der Waals surface area contributed by atoms with Crippen LogP contribution in [0.5, 0.6) is 0 Å². The van der Waals surface area contributed by atoms with E-state index >= 15 is 0 Å². The van der Waals surface area contributed by atoms with Gasteiger partial charge in [-0.15, -0.1) is 11.6 Å². The lowest BCUT2D eigenvalue weighted by molar-refractivity contribution is 0.151. The summed E-state index contributed by atoms with van der Waals surface area (Å²) in [7, 11) is 0. The normalized spacial score (nSPS) is 10.5. The Hall–Kier alpha value is -0.280. The standard InChI is InChI=1S/C11H15Cl2NO/c12-5-7-15-8-6-14-9-10-3-1-2-4-11(10)13/h1-4,14H,5-9H2. The molecule has 0 fully saturated rings. The Morgan fingerprint density at radius 1 is 1.20 bits per heavy atom. The monoisotopic (exact) mass is 247 g/mol. The molecule has 1 aromatic rings. The lowest BCUT2D eigenvalue weighted by Crippen LogP contribution is -2.19. The van der Waals surface area contributed by atoms with Crippen LogP contribution < -0.4 is 5.32 Å². The molecule has 1 N–H and O–H groups in total. The molecule has 4 heteroatoms. The van der Waals surface area contributed by atoms with E-state index in [1.165, 1.54) is 0 Å². The Morgan fingerprint density at radius 2 is 2.00 bits per heavy atom. The van der Waals surface area contributed by atoms with E-state index in [2.05, 4.69) is 5.32 Å². The third kappa shape index (κ3) is 5.38. The fourth-order valence-corrected chi connectivity index (χ4v) is 1.48. The molecule has 0 aliphatic rings. The van der Waals surface area contributed by atoms with Crippen LogP contribution in [0.15, 0.2) is 24.3 Å². The maximum Gasteiger partial charge on any atom is 0.0602 e. The van der Waals surface area contributed by atoms with E-state index in [1.807, 2.05) is 24.3 Å². The van der Waals surface area contributed by atoms with Gasteiger partial charge in [0.2, 0.25) is 0 Å². The molecule has 0 saturated heterocycles. The van der Waals surface area contributed by atoms with Crippen molar-refractivity contribution in [3.8, 4) is 0 Å². The zero-order valence-corrected chi connectivity index (χ0v) is 10.0. The van der Waals surface area contributed by atoms with Gasteiger partial charge in [0.15, 0.2) is 0 Å². The molecule has 2 nitrogen and oxygen atoms in total. The smallest absolute Gasteiger partial charge is 0.0602 e. The Balaban J connectivity index is 2.12. The fraction of sp³-hybridized carbons (Fsp3) is 0.455. The van der Waals surface area contributed by atoms with Gasteiger partial charge < -0.3 is 10.1 Å². The maximum atomic E-state index is 6.00. The first-order chi connectivity index (χ1) is 7.34. The predicted molar refractivity (Wildman–Crippen MR) is 64.7 cm³/mol. The van der Waals surface area contributed by atoms with Crippen LogP contribution in [-0.4, -0.2) is 25.6 Å². The van der Waals surface area contributed by atoms with Crippen molar-refractivity contribution in [3.05, 3.63) is 34.9 Å². The molecule has 0 saturated carbocycles. The van der Waals surface area contributed by atoms with Crippen molar-refractivity contribution in [3.63, 3.8) is 0 Å². The highest BCUT2D eigenvalue weighted by molar-refractivity contribution is 6.31. The molecule has 0 heterocycles. The Bertz CT molecular complexity index is 281. The Morgan fingerprint density at radius 3 is 2.73 bits per heavy atom. The first-order valence-electron chi connectivity index (χ1n) is 4.92. The van der Waals surface area contributed by atoms with Crippen molar-refractivity contribution in [1.82, 2.24) is 5.32 Å². The number of alkyl halides is 1. The average molecular weight is 248 g/mol. The number of hydrogen-bond acceptors (Lipinski definition) is 2. The van der Waals surface area contributed by atoms with Crippen molar-refractivity contribution >= 4 is 23.2 Å². The van der Waals surface area contributed by atoms with Gasteiger partial charge in [-0.2, -0.15) is 0 Å². The molecule has 0 spiro atoms. The first-order valence-corrected chi connectivity index (χ1v) is 5.83. The summed E-state index contributed by atoms with van der Waals surface area (Å²) < 4.78 is 5.22. The van der Waals surface area contributed by atoms with Crippen LogP contribution in [0.2, 0.25) is 5.02 Å². The van der Waals surface area contributed by atoms with E-state index < -0.39 is 0 Å². The highest BCUT2D eigenvalue weighted by Crippen LogP contribution is 2.13. The molecule has 0 unspecified atom stereocenters. The van der Waals surface area contributed by atoms with Gasteiger partial charge in [0.1, 0.15) is 0 Å². The largest absolute Gasteiger partial charge is 0.379 e. The highest BCUT2D eigenvalue weighted by atomic mass is 35.5. The van der Waals surface area contributed by atoms with E-state index in [4.69, 9.17) is 27.9 Å². The maximum absolute atomic E-state index is 6.00. The lowest BCUT2D eigenvalue weighted by atomic mass is 10.2. The number of rotatable bonds is 7. The van der Waals surface area contributed by atoms with Gasteiger partial charge in [-0.3, -0.25) is 0 Å². The van der Waals surface area contributed by atoms with Gasteiger partial charge in [-0.05, 0) is 11.6 Å². The number of benzene rings is 1. The zero-order valence-electron chi connectivity index (χ0n) is 8.51.